The van der Waals surface area contributed by atoms with Crippen LogP contribution in [0.5, 0.6) is 0 Å². The van der Waals surface area contributed by atoms with Crippen LogP contribution in [0, 0.1) is 0 Å². The minimum Gasteiger partial charge on any atom is -0.368 e. The van der Waals surface area contributed by atoms with Crippen LogP contribution in [0.4, 0.5) is 0 Å². The van der Waals surface area contributed by atoms with Crippen molar-refractivity contribution in [3.05, 3.63) is 35.4 Å². The van der Waals surface area contributed by atoms with Crippen LogP contribution in [0.2, 0.25) is 0 Å². The summed E-state index contributed by atoms with van der Waals surface area (Å²) in [6.45, 7) is 1.31. The monoisotopic (exact) mass is 219 g/mol. The second-order valence-corrected chi connectivity index (χ2v) is 4.27. The van der Waals surface area contributed by atoms with Gasteiger partial charge in [0.2, 0.25) is 5.91 Å². The SMILES string of the molecule is NC(=O)C(N)CNCC1Cc2ccccc21. The van der Waals surface area contributed by atoms with Crippen LogP contribution in [0.3, 0.4) is 0 Å². The van der Waals surface area contributed by atoms with Crippen LogP contribution in [0.25, 0.3) is 0 Å². The summed E-state index contributed by atoms with van der Waals surface area (Å²) < 4.78 is 0. The second-order valence-electron chi connectivity index (χ2n) is 4.27. The van der Waals surface area contributed by atoms with Crippen molar-refractivity contribution in [3.63, 3.8) is 0 Å². The first-order valence-corrected chi connectivity index (χ1v) is 5.52. The number of hydrogen-bond acceptors (Lipinski definition) is 3. The van der Waals surface area contributed by atoms with Crippen molar-refractivity contribution < 1.29 is 4.79 Å². The number of nitrogens with two attached hydrogens (primary N) is 2. The van der Waals surface area contributed by atoms with E-state index in [9.17, 15) is 4.79 Å². The number of rotatable bonds is 5. The number of carbonyl (C=O) groups excluding carboxylic acids is 1. The molecule has 0 bridgehead atoms. The van der Waals surface area contributed by atoms with E-state index in [1.807, 2.05) is 0 Å². The molecule has 1 aromatic carbocycles. The predicted octanol–water partition coefficient (Wildman–Crippen LogP) is -0.271. The molecule has 5 N–H and O–H groups in total. The van der Waals surface area contributed by atoms with Crippen molar-refractivity contribution in [2.45, 2.75) is 18.4 Å². The van der Waals surface area contributed by atoms with Gasteiger partial charge >= 0.3 is 0 Å². The second kappa shape index (κ2) is 4.63. The highest BCUT2D eigenvalue weighted by Gasteiger charge is 2.24. The molecule has 1 aliphatic carbocycles. The molecule has 0 aromatic heterocycles. The van der Waals surface area contributed by atoms with Gasteiger partial charge in [-0.2, -0.15) is 0 Å². The van der Waals surface area contributed by atoms with E-state index in [1.165, 1.54) is 11.1 Å². The smallest absolute Gasteiger partial charge is 0.235 e. The molecule has 2 unspecified atom stereocenters. The van der Waals surface area contributed by atoms with E-state index >= 15 is 0 Å². The van der Waals surface area contributed by atoms with Crippen LogP contribution in [0.15, 0.2) is 24.3 Å². The lowest BCUT2D eigenvalue weighted by atomic mass is 9.77. The molecule has 2 atom stereocenters. The topological polar surface area (TPSA) is 81.1 Å². The fourth-order valence-electron chi connectivity index (χ4n) is 2.06. The van der Waals surface area contributed by atoms with Gasteiger partial charge in [-0.15, -0.1) is 0 Å². The molecule has 2 rings (SSSR count). The highest BCUT2D eigenvalue weighted by Crippen LogP contribution is 2.33. The number of fused-ring (bicyclic) bond motifs is 1. The summed E-state index contributed by atoms with van der Waals surface area (Å²) in [5.74, 6) is 0.0952. The maximum atomic E-state index is 10.7. The van der Waals surface area contributed by atoms with Gasteiger partial charge < -0.3 is 16.8 Å². The van der Waals surface area contributed by atoms with E-state index in [1.54, 1.807) is 0 Å². The summed E-state index contributed by atoms with van der Waals surface area (Å²) in [4.78, 5) is 10.7. The van der Waals surface area contributed by atoms with Crippen molar-refractivity contribution in [1.82, 2.24) is 5.32 Å². The Morgan fingerprint density at radius 1 is 1.50 bits per heavy atom. The molecule has 0 radical (unpaired) electrons. The Morgan fingerprint density at radius 2 is 2.25 bits per heavy atom. The molecule has 0 saturated carbocycles. The van der Waals surface area contributed by atoms with Gasteiger partial charge in [0.25, 0.3) is 0 Å². The largest absolute Gasteiger partial charge is 0.368 e. The maximum Gasteiger partial charge on any atom is 0.235 e. The average molecular weight is 219 g/mol. The molecule has 0 heterocycles. The van der Waals surface area contributed by atoms with Crippen molar-refractivity contribution in [3.8, 4) is 0 Å². The Balaban J connectivity index is 1.76. The van der Waals surface area contributed by atoms with Crippen LogP contribution < -0.4 is 16.8 Å². The quantitative estimate of drug-likeness (QED) is 0.637. The fourth-order valence-corrected chi connectivity index (χ4v) is 2.06. The molecule has 4 nitrogen and oxygen atoms in total. The highest BCUT2D eigenvalue weighted by atomic mass is 16.1. The third-order valence-corrected chi connectivity index (χ3v) is 3.08. The molecule has 0 spiro atoms. The number of amides is 1. The third kappa shape index (κ3) is 2.23. The number of primary amides is 1. The zero-order valence-corrected chi connectivity index (χ0v) is 9.15. The van der Waals surface area contributed by atoms with Crippen molar-refractivity contribution >= 4 is 5.91 Å². The number of nitrogens with one attached hydrogen (secondary N) is 1. The van der Waals surface area contributed by atoms with Crippen LogP contribution in [0.1, 0.15) is 17.0 Å². The van der Waals surface area contributed by atoms with Crippen LogP contribution in [-0.2, 0) is 11.2 Å². The lowest BCUT2D eigenvalue weighted by molar-refractivity contribution is -0.119. The Labute approximate surface area is 95.0 Å². The van der Waals surface area contributed by atoms with E-state index in [2.05, 4.69) is 29.6 Å². The lowest BCUT2D eigenvalue weighted by Crippen LogP contribution is -2.45. The zero-order valence-electron chi connectivity index (χ0n) is 9.15. The first-order valence-electron chi connectivity index (χ1n) is 5.52. The van der Waals surface area contributed by atoms with Crippen LogP contribution >= 0.6 is 0 Å². The minimum atomic E-state index is -0.588. The molecule has 86 valence electrons. The van der Waals surface area contributed by atoms with Gasteiger partial charge in [0, 0.05) is 19.0 Å². The minimum absolute atomic E-state index is 0.452. The number of benzene rings is 1. The van der Waals surface area contributed by atoms with E-state index in [0.717, 1.165) is 13.0 Å². The highest BCUT2D eigenvalue weighted by molar-refractivity contribution is 5.79. The Morgan fingerprint density at radius 3 is 2.94 bits per heavy atom. The van der Waals surface area contributed by atoms with Crippen molar-refractivity contribution in [1.29, 1.82) is 0 Å². The fraction of sp³-hybridized carbons (Fsp3) is 0.417. The molecule has 0 fully saturated rings. The summed E-state index contributed by atoms with van der Waals surface area (Å²) in [5, 5.41) is 3.18. The van der Waals surface area contributed by atoms with Crippen molar-refractivity contribution in [2.24, 2.45) is 11.5 Å². The summed E-state index contributed by atoms with van der Waals surface area (Å²) in [6.07, 6.45) is 1.11. The normalized spacial score (nSPS) is 19.7. The molecular weight excluding hydrogens is 202 g/mol. The van der Waals surface area contributed by atoms with Gasteiger partial charge in [-0.1, -0.05) is 24.3 Å². The van der Waals surface area contributed by atoms with Gasteiger partial charge in [0.05, 0.1) is 6.04 Å². The van der Waals surface area contributed by atoms with Crippen molar-refractivity contribution in [2.75, 3.05) is 13.1 Å². The first-order chi connectivity index (χ1) is 7.68. The number of carbonyl (C=O) groups is 1. The molecule has 4 heteroatoms. The Hall–Kier alpha value is -1.39. The molecule has 1 aromatic rings. The average Bonchev–Trinajstić information content (AvgIpc) is 2.24. The molecule has 0 saturated heterocycles. The Kier molecular flexibility index (Phi) is 3.22. The van der Waals surface area contributed by atoms with E-state index in [4.69, 9.17) is 11.5 Å². The summed E-state index contributed by atoms with van der Waals surface area (Å²) >= 11 is 0. The molecule has 16 heavy (non-hydrogen) atoms. The van der Waals surface area contributed by atoms with Gasteiger partial charge in [-0.05, 0) is 17.5 Å². The molecule has 1 aliphatic rings. The maximum absolute atomic E-state index is 10.7. The standard InChI is InChI=1S/C12H17N3O/c13-11(12(14)16)7-15-6-9-5-8-3-1-2-4-10(8)9/h1-4,9,11,15H,5-7,13H2,(H2,14,16). The van der Waals surface area contributed by atoms with Gasteiger partial charge in [-0.25, -0.2) is 0 Å². The third-order valence-electron chi connectivity index (χ3n) is 3.08. The molecule has 1 amide bonds. The predicted molar refractivity (Wildman–Crippen MR) is 62.9 cm³/mol. The summed E-state index contributed by atoms with van der Waals surface area (Å²) in [6, 6.07) is 7.83. The molecule has 0 aliphatic heterocycles. The van der Waals surface area contributed by atoms with Crippen LogP contribution in [-0.4, -0.2) is 25.0 Å². The van der Waals surface area contributed by atoms with Gasteiger partial charge in [-0.3, -0.25) is 4.79 Å². The number of hydrogen-bond donors (Lipinski definition) is 3. The van der Waals surface area contributed by atoms with Gasteiger partial charge in [0.15, 0.2) is 0 Å². The van der Waals surface area contributed by atoms with E-state index in [0.29, 0.717) is 12.5 Å². The van der Waals surface area contributed by atoms with E-state index in [-0.39, 0.29) is 0 Å². The van der Waals surface area contributed by atoms with Gasteiger partial charge in [0.1, 0.15) is 0 Å². The summed E-state index contributed by atoms with van der Waals surface area (Å²) in [5.41, 5.74) is 13.4. The lowest BCUT2D eigenvalue weighted by Gasteiger charge is -2.30. The Bertz CT molecular complexity index is 392. The van der Waals surface area contributed by atoms with E-state index < -0.39 is 11.9 Å². The summed E-state index contributed by atoms with van der Waals surface area (Å²) in [7, 11) is 0. The first kappa shape index (κ1) is 11.1. The zero-order chi connectivity index (χ0) is 11.5. The molecular formula is C12H17N3O.